The van der Waals surface area contributed by atoms with E-state index in [1.165, 1.54) is 24.0 Å². The summed E-state index contributed by atoms with van der Waals surface area (Å²) in [5.41, 5.74) is 4.38. The number of urea groups is 1. The first-order valence-electron chi connectivity index (χ1n) is 10.0. The molecule has 2 fully saturated rings. The van der Waals surface area contributed by atoms with Crippen LogP contribution < -0.4 is 5.32 Å². The second-order valence-corrected chi connectivity index (χ2v) is 7.91. The van der Waals surface area contributed by atoms with Crippen molar-refractivity contribution < 1.29 is 9.59 Å². The van der Waals surface area contributed by atoms with Gasteiger partial charge in [0, 0.05) is 25.3 Å². The highest BCUT2D eigenvalue weighted by Crippen LogP contribution is 2.43. The molecule has 5 nitrogen and oxygen atoms in total. The first-order valence-corrected chi connectivity index (χ1v) is 10.0. The van der Waals surface area contributed by atoms with Crippen molar-refractivity contribution in [2.24, 2.45) is 0 Å². The maximum atomic E-state index is 12.9. The van der Waals surface area contributed by atoms with Crippen LogP contribution in [0, 0.1) is 6.92 Å². The number of hydrogen-bond acceptors (Lipinski definition) is 2. The van der Waals surface area contributed by atoms with Crippen molar-refractivity contribution in [2.75, 3.05) is 18.4 Å². The van der Waals surface area contributed by atoms with Crippen molar-refractivity contribution in [3.63, 3.8) is 0 Å². The van der Waals surface area contributed by atoms with Crippen LogP contribution in [0.4, 0.5) is 10.5 Å². The minimum atomic E-state index is -0.466. The molecule has 28 heavy (non-hydrogen) atoms. The molecule has 1 aliphatic carbocycles. The maximum Gasteiger partial charge on any atom is 0.322 e. The summed E-state index contributed by atoms with van der Waals surface area (Å²) in [4.78, 5) is 29.2. The van der Waals surface area contributed by atoms with Crippen LogP contribution in [-0.2, 0) is 11.3 Å². The highest BCUT2D eigenvalue weighted by atomic mass is 16.2. The second kappa shape index (κ2) is 7.66. The van der Waals surface area contributed by atoms with Gasteiger partial charge < -0.3 is 15.1 Å². The van der Waals surface area contributed by atoms with E-state index in [-0.39, 0.29) is 11.9 Å². The molecule has 1 heterocycles. The zero-order chi connectivity index (χ0) is 19.7. The van der Waals surface area contributed by atoms with E-state index < -0.39 is 6.04 Å². The Balaban J connectivity index is 1.42. The quantitative estimate of drug-likeness (QED) is 0.871. The van der Waals surface area contributed by atoms with E-state index in [0.717, 1.165) is 11.3 Å². The largest absolute Gasteiger partial charge is 0.335 e. The Hall–Kier alpha value is -2.82. The summed E-state index contributed by atoms with van der Waals surface area (Å²) in [7, 11) is 0. The first kappa shape index (κ1) is 18.5. The molecular formula is C23H27N3O2. The number of rotatable bonds is 4. The van der Waals surface area contributed by atoms with Gasteiger partial charge in [-0.2, -0.15) is 0 Å². The van der Waals surface area contributed by atoms with Gasteiger partial charge in [0.1, 0.15) is 6.04 Å². The number of carbonyl (C=O) groups is 2. The lowest BCUT2D eigenvalue weighted by Crippen LogP contribution is -2.58. The SMILES string of the molecule is Cc1cccc(CN2CCN(C(=O)Nc3ccccc3C3CC3)[C@@H](C)C2=O)c1. The summed E-state index contributed by atoms with van der Waals surface area (Å²) in [6, 6.07) is 15.5. The molecule has 2 aromatic carbocycles. The zero-order valence-electron chi connectivity index (χ0n) is 16.5. The Kier molecular flexibility index (Phi) is 5.07. The van der Waals surface area contributed by atoms with Crippen LogP contribution in [0.15, 0.2) is 48.5 Å². The molecule has 1 saturated carbocycles. The Morgan fingerprint density at radius 1 is 1.11 bits per heavy atom. The van der Waals surface area contributed by atoms with Crippen LogP contribution >= 0.6 is 0 Å². The summed E-state index contributed by atoms with van der Waals surface area (Å²) in [5.74, 6) is 0.556. The van der Waals surface area contributed by atoms with Gasteiger partial charge in [-0.3, -0.25) is 4.79 Å². The van der Waals surface area contributed by atoms with E-state index in [9.17, 15) is 9.59 Å². The van der Waals surface area contributed by atoms with Crippen LogP contribution in [0.3, 0.4) is 0 Å². The molecule has 1 atom stereocenters. The smallest absolute Gasteiger partial charge is 0.322 e. The Bertz CT molecular complexity index is 891. The average molecular weight is 377 g/mol. The van der Waals surface area contributed by atoms with E-state index in [1.54, 1.807) is 4.90 Å². The fraction of sp³-hybridized carbons (Fsp3) is 0.391. The molecule has 2 aliphatic rings. The number of nitrogens with one attached hydrogen (secondary N) is 1. The first-order chi connectivity index (χ1) is 13.5. The number of carbonyl (C=O) groups excluding carboxylic acids is 2. The number of piperazine rings is 1. The number of nitrogens with zero attached hydrogens (tertiary/aromatic N) is 2. The van der Waals surface area contributed by atoms with Crippen LogP contribution in [0.5, 0.6) is 0 Å². The fourth-order valence-electron chi connectivity index (χ4n) is 3.94. The number of hydrogen-bond donors (Lipinski definition) is 1. The summed E-state index contributed by atoms with van der Waals surface area (Å²) >= 11 is 0. The monoisotopic (exact) mass is 377 g/mol. The van der Waals surface area contributed by atoms with Crippen molar-refractivity contribution in [1.29, 1.82) is 0 Å². The second-order valence-electron chi connectivity index (χ2n) is 7.91. The summed E-state index contributed by atoms with van der Waals surface area (Å²) < 4.78 is 0. The van der Waals surface area contributed by atoms with Crippen molar-refractivity contribution in [1.82, 2.24) is 9.80 Å². The Labute approximate surface area is 166 Å². The van der Waals surface area contributed by atoms with Gasteiger partial charge in [0.15, 0.2) is 0 Å². The molecule has 0 aromatic heterocycles. The number of amides is 3. The van der Waals surface area contributed by atoms with Gasteiger partial charge in [-0.25, -0.2) is 4.79 Å². The topological polar surface area (TPSA) is 52.6 Å². The van der Waals surface area contributed by atoms with Crippen molar-refractivity contribution >= 4 is 17.6 Å². The molecule has 1 N–H and O–H groups in total. The molecule has 0 spiro atoms. The molecule has 5 heteroatoms. The third-order valence-electron chi connectivity index (χ3n) is 5.68. The predicted octanol–water partition coefficient (Wildman–Crippen LogP) is 4.14. The molecule has 0 bridgehead atoms. The molecule has 4 rings (SSSR count). The van der Waals surface area contributed by atoms with Gasteiger partial charge in [0.2, 0.25) is 5.91 Å². The van der Waals surface area contributed by atoms with E-state index >= 15 is 0 Å². The summed E-state index contributed by atoms with van der Waals surface area (Å²) in [6.07, 6.45) is 2.36. The van der Waals surface area contributed by atoms with E-state index in [0.29, 0.717) is 25.6 Å². The molecule has 2 aromatic rings. The standard InChI is InChI=1S/C23H27N3O2/c1-16-6-5-7-18(14-16)15-25-12-13-26(17(2)22(25)27)23(28)24-21-9-4-3-8-20(21)19-10-11-19/h3-9,14,17,19H,10-13,15H2,1-2H3,(H,24,28)/t17-/m0/s1. The lowest BCUT2D eigenvalue weighted by molar-refractivity contribution is -0.139. The highest BCUT2D eigenvalue weighted by molar-refractivity contribution is 5.95. The number of aryl methyl sites for hydroxylation is 1. The number of para-hydroxylation sites is 1. The minimum absolute atomic E-state index is 0.00150. The predicted molar refractivity (Wildman–Crippen MR) is 110 cm³/mol. The molecule has 1 aliphatic heterocycles. The number of anilines is 1. The Morgan fingerprint density at radius 2 is 1.89 bits per heavy atom. The van der Waals surface area contributed by atoms with Gasteiger partial charge in [-0.15, -0.1) is 0 Å². The van der Waals surface area contributed by atoms with Crippen LogP contribution in [0.1, 0.15) is 42.4 Å². The van der Waals surface area contributed by atoms with Gasteiger partial charge in [0.05, 0.1) is 0 Å². The molecule has 0 unspecified atom stereocenters. The van der Waals surface area contributed by atoms with E-state index in [2.05, 4.69) is 30.4 Å². The zero-order valence-corrected chi connectivity index (χ0v) is 16.5. The van der Waals surface area contributed by atoms with E-state index in [1.807, 2.05) is 42.2 Å². The van der Waals surface area contributed by atoms with Crippen molar-refractivity contribution in [3.8, 4) is 0 Å². The van der Waals surface area contributed by atoms with Crippen molar-refractivity contribution in [2.45, 2.75) is 45.2 Å². The highest BCUT2D eigenvalue weighted by Gasteiger charge is 2.35. The average Bonchev–Trinajstić information content (AvgIpc) is 3.51. The maximum absolute atomic E-state index is 12.9. The van der Waals surface area contributed by atoms with Crippen LogP contribution in [-0.4, -0.2) is 40.9 Å². The van der Waals surface area contributed by atoms with Crippen molar-refractivity contribution in [3.05, 3.63) is 65.2 Å². The fourth-order valence-corrected chi connectivity index (χ4v) is 3.94. The lowest BCUT2D eigenvalue weighted by atomic mass is 10.1. The Morgan fingerprint density at radius 3 is 2.64 bits per heavy atom. The van der Waals surface area contributed by atoms with E-state index in [4.69, 9.17) is 0 Å². The van der Waals surface area contributed by atoms with Crippen LogP contribution in [0.2, 0.25) is 0 Å². The van der Waals surface area contributed by atoms with Gasteiger partial charge in [-0.05, 0) is 49.8 Å². The molecule has 146 valence electrons. The third-order valence-corrected chi connectivity index (χ3v) is 5.68. The van der Waals surface area contributed by atoms with Gasteiger partial charge >= 0.3 is 6.03 Å². The van der Waals surface area contributed by atoms with Gasteiger partial charge in [0.25, 0.3) is 0 Å². The lowest BCUT2D eigenvalue weighted by Gasteiger charge is -2.39. The van der Waals surface area contributed by atoms with Crippen LogP contribution in [0.25, 0.3) is 0 Å². The summed E-state index contributed by atoms with van der Waals surface area (Å²) in [5, 5.41) is 3.04. The normalized spacial score (nSPS) is 19.6. The molecule has 0 radical (unpaired) electrons. The molecular weight excluding hydrogens is 350 g/mol. The summed E-state index contributed by atoms with van der Waals surface area (Å²) in [6.45, 7) is 5.54. The number of benzene rings is 2. The van der Waals surface area contributed by atoms with Gasteiger partial charge in [-0.1, -0.05) is 48.0 Å². The third kappa shape index (κ3) is 3.88. The molecule has 3 amide bonds. The molecule has 1 saturated heterocycles. The minimum Gasteiger partial charge on any atom is -0.335 e.